The molecular weight excluding hydrogens is 202 g/mol. The van der Waals surface area contributed by atoms with E-state index in [0.717, 1.165) is 5.39 Å². The van der Waals surface area contributed by atoms with Crippen LogP contribution in [0.25, 0.3) is 10.9 Å². The van der Waals surface area contributed by atoms with Crippen LogP contribution in [0.3, 0.4) is 0 Å². The molecule has 1 N–H and O–H groups in total. The molecule has 1 aromatic carbocycles. The van der Waals surface area contributed by atoms with Crippen LogP contribution in [0.1, 0.15) is 20.8 Å². The summed E-state index contributed by atoms with van der Waals surface area (Å²) in [4.78, 5) is 4.29. The summed E-state index contributed by atoms with van der Waals surface area (Å²) >= 11 is 0. The van der Waals surface area contributed by atoms with E-state index in [4.69, 9.17) is 4.74 Å². The molecule has 0 aliphatic rings. The summed E-state index contributed by atoms with van der Waals surface area (Å²) in [6.07, 6.45) is 0. The summed E-state index contributed by atoms with van der Waals surface area (Å²) in [6.45, 7) is 5.89. The Balaban J connectivity index is 2.47. The molecule has 0 amide bonds. The summed E-state index contributed by atoms with van der Waals surface area (Å²) in [5.74, 6) is 0.707. The van der Waals surface area contributed by atoms with E-state index in [0.29, 0.717) is 11.4 Å². The standard InChI is InChI=1S/C13H15NO2/c1-13(2,3)16-11-8-7-9-5-4-6-10(15)12(9)14-11/h4-8,15H,1-3H3. The van der Waals surface area contributed by atoms with Gasteiger partial charge in [-0.1, -0.05) is 12.1 Å². The predicted octanol–water partition coefficient (Wildman–Crippen LogP) is 3.12. The third-order valence-electron chi connectivity index (χ3n) is 2.08. The molecule has 2 aromatic rings. The number of nitrogens with zero attached hydrogens (tertiary/aromatic N) is 1. The first-order chi connectivity index (χ1) is 7.46. The quantitative estimate of drug-likeness (QED) is 0.798. The van der Waals surface area contributed by atoms with Gasteiger partial charge in [-0.3, -0.25) is 0 Å². The fourth-order valence-electron chi connectivity index (χ4n) is 1.48. The van der Waals surface area contributed by atoms with Crippen LogP contribution in [0.2, 0.25) is 0 Å². The Morgan fingerprint density at radius 2 is 1.88 bits per heavy atom. The summed E-state index contributed by atoms with van der Waals surface area (Å²) < 4.78 is 5.64. The monoisotopic (exact) mass is 217 g/mol. The number of fused-ring (bicyclic) bond motifs is 1. The van der Waals surface area contributed by atoms with E-state index in [2.05, 4.69) is 4.98 Å². The first kappa shape index (κ1) is 10.7. The summed E-state index contributed by atoms with van der Waals surface area (Å²) in [5.41, 5.74) is 0.287. The third kappa shape index (κ3) is 2.24. The molecule has 1 heterocycles. The number of hydrogen-bond donors (Lipinski definition) is 1. The van der Waals surface area contributed by atoms with Crippen molar-refractivity contribution in [3.8, 4) is 11.6 Å². The fourth-order valence-corrected chi connectivity index (χ4v) is 1.48. The highest BCUT2D eigenvalue weighted by Crippen LogP contribution is 2.25. The molecule has 0 saturated heterocycles. The van der Waals surface area contributed by atoms with E-state index in [1.165, 1.54) is 0 Å². The lowest BCUT2D eigenvalue weighted by atomic mass is 10.2. The first-order valence-electron chi connectivity index (χ1n) is 5.23. The maximum absolute atomic E-state index is 9.68. The lowest BCUT2D eigenvalue weighted by molar-refractivity contribution is 0.124. The highest BCUT2D eigenvalue weighted by molar-refractivity contribution is 5.84. The molecule has 2 rings (SSSR count). The Morgan fingerprint density at radius 3 is 2.56 bits per heavy atom. The molecule has 0 spiro atoms. The number of hydrogen-bond acceptors (Lipinski definition) is 3. The van der Waals surface area contributed by atoms with Crippen molar-refractivity contribution >= 4 is 10.9 Å². The second-order valence-corrected chi connectivity index (χ2v) is 4.71. The molecule has 84 valence electrons. The van der Waals surface area contributed by atoms with Gasteiger partial charge in [-0.2, -0.15) is 0 Å². The molecule has 0 bridgehead atoms. The lowest BCUT2D eigenvalue weighted by Crippen LogP contribution is -2.23. The Bertz CT molecular complexity index is 515. The van der Waals surface area contributed by atoms with E-state index in [-0.39, 0.29) is 11.4 Å². The van der Waals surface area contributed by atoms with Crippen LogP contribution in [-0.2, 0) is 0 Å². The number of benzene rings is 1. The van der Waals surface area contributed by atoms with Crippen molar-refractivity contribution in [2.45, 2.75) is 26.4 Å². The summed E-state index contributed by atoms with van der Waals surface area (Å²) in [7, 11) is 0. The van der Waals surface area contributed by atoms with Crippen molar-refractivity contribution in [1.29, 1.82) is 0 Å². The van der Waals surface area contributed by atoms with Gasteiger partial charge < -0.3 is 9.84 Å². The average molecular weight is 217 g/mol. The van der Waals surface area contributed by atoms with E-state index < -0.39 is 0 Å². The zero-order valence-corrected chi connectivity index (χ0v) is 9.69. The molecule has 0 fully saturated rings. The topological polar surface area (TPSA) is 42.4 Å². The summed E-state index contributed by atoms with van der Waals surface area (Å²) in [5, 5.41) is 10.6. The minimum absolute atomic E-state index is 0.178. The number of pyridine rings is 1. The smallest absolute Gasteiger partial charge is 0.214 e. The molecule has 0 aliphatic carbocycles. The number of aromatic nitrogens is 1. The van der Waals surface area contributed by atoms with Gasteiger partial charge in [0.15, 0.2) is 0 Å². The highest BCUT2D eigenvalue weighted by Gasteiger charge is 2.13. The van der Waals surface area contributed by atoms with Gasteiger partial charge in [0, 0.05) is 11.5 Å². The van der Waals surface area contributed by atoms with Crippen LogP contribution >= 0.6 is 0 Å². The van der Waals surface area contributed by atoms with E-state index in [9.17, 15) is 5.11 Å². The number of ether oxygens (including phenoxy) is 1. The fraction of sp³-hybridized carbons (Fsp3) is 0.308. The van der Waals surface area contributed by atoms with E-state index >= 15 is 0 Å². The molecule has 0 unspecified atom stereocenters. The summed E-state index contributed by atoms with van der Waals surface area (Å²) in [6, 6.07) is 9.03. The normalized spacial score (nSPS) is 11.7. The largest absolute Gasteiger partial charge is 0.506 e. The second kappa shape index (κ2) is 3.67. The second-order valence-electron chi connectivity index (χ2n) is 4.71. The molecule has 3 nitrogen and oxygen atoms in total. The molecule has 16 heavy (non-hydrogen) atoms. The number of aromatic hydroxyl groups is 1. The Morgan fingerprint density at radius 1 is 1.12 bits per heavy atom. The Hall–Kier alpha value is -1.77. The minimum atomic E-state index is -0.287. The van der Waals surface area contributed by atoms with Crippen LogP contribution in [-0.4, -0.2) is 15.7 Å². The molecule has 0 saturated carbocycles. The lowest BCUT2D eigenvalue weighted by Gasteiger charge is -2.20. The molecule has 1 aromatic heterocycles. The number of phenolic OH excluding ortho intramolecular Hbond substituents is 1. The van der Waals surface area contributed by atoms with Crippen LogP contribution in [0.5, 0.6) is 11.6 Å². The van der Waals surface area contributed by atoms with Crippen LogP contribution in [0.4, 0.5) is 0 Å². The average Bonchev–Trinajstić information content (AvgIpc) is 2.17. The van der Waals surface area contributed by atoms with Gasteiger partial charge in [-0.05, 0) is 32.9 Å². The zero-order chi connectivity index (χ0) is 11.8. The van der Waals surface area contributed by atoms with Gasteiger partial charge in [0.05, 0.1) is 0 Å². The maximum Gasteiger partial charge on any atom is 0.214 e. The van der Waals surface area contributed by atoms with Crippen molar-refractivity contribution in [2.75, 3.05) is 0 Å². The number of rotatable bonds is 1. The van der Waals surface area contributed by atoms with Gasteiger partial charge in [0.2, 0.25) is 5.88 Å². The highest BCUT2D eigenvalue weighted by atomic mass is 16.5. The van der Waals surface area contributed by atoms with E-state index in [1.807, 2.05) is 39.0 Å². The zero-order valence-electron chi connectivity index (χ0n) is 9.69. The van der Waals surface area contributed by atoms with Crippen molar-refractivity contribution < 1.29 is 9.84 Å². The third-order valence-corrected chi connectivity index (χ3v) is 2.08. The molecular formula is C13H15NO2. The van der Waals surface area contributed by atoms with Gasteiger partial charge in [-0.25, -0.2) is 4.98 Å². The van der Waals surface area contributed by atoms with Gasteiger partial charge in [0.1, 0.15) is 16.9 Å². The minimum Gasteiger partial charge on any atom is -0.506 e. The van der Waals surface area contributed by atoms with Gasteiger partial charge >= 0.3 is 0 Å². The van der Waals surface area contributed by atoms with Gasteiger partial charge in [-0.15, -0.1) is 0 Å². The maximum atomic E-state index is 9.68. The number of para-hydroxylation sites is 1. The molecule has 0 aliphatic heterocycles. The van der Waals surface area contributed by atoms with Crippen molar-refractivity contribution in [3.05, 3.63) is 30.3 Å². The SMILES string of the molecule is CC(C)(C)Oc1ccc2cccc(O)c2n1. The van der Waals surface area contributed by atoms with Crippen LogP contribution in [0, 0.1) is 0 Å². The van der Waals surface area contributed by atoms with E-state index in [1.54, 1.807) is 12.1 Å². The van der Waals surface area contributed by atoms with Crippen LogP contribution < -0.4 is 4.74 Å². The van der Waals surface area contributed by atoms with Gasteiger partial charge in [0.25, 0.3) is 0 Å². The molecule has 0 atom stereocenters. The molecule has 0 radical (unpaired) electrons. The predicted molar refractivity (Wildman–Crippen MR) is 63.8 cm³/mol. The molecule has 3 heteroatoms. The van der Waals surface area contributed by atoms with Crippen molar-refractivity contribution in [3.63, 3.8) is 0 Å². The van der Waals surface area contributed by atoms with Crippen LogP contribution in [0.15, 0.2) is 30.3 Å². The van der Waals surface area contributed by atoms with Crippen molar-refractivity contribution in [1.82, 2.24) is 4.98 Å². The first-order valence-corrected chi connectivity index (χ1v) is 5.23. The number of phenols is 1. The van der Waals surface area contributed by atoms with Crippen molar-refractivity contribution in [2.24, 2.45) is 0 Å². The Labute approximate surface area is 94.7 Å². The Kier molecular flexibility index (Phi) is 2.46.